The molecule has 2 rings (SSSR count). The molecule has 0 aliphatic carbocycles. The molecule has 10 heteroatoms. The molecule has 1 N–H and O–H groups in total. The molecule has 0 aliphatic heterocycles. The first-order valence-corrected chi connectivity index (χ1v) is 13.8. The van der Waals surface area contributed by atoms with Gasteiger partial charge in [-0.15, -0.1) is 0 Å². The van der Waals surface area contributed by atoms with E-state index in [1.807, 2.05) is 26.0 Å². The maximum Gasteiger partial charge on any atom is 0.242 e. The van der Waals surface area contributed by atoms with Gasteiger partial charge in [0.25, 0.3) is 0 Å². The molecule has 1 atom stereocenters. The third kappa shape index (κ3) is 8.14. The van der Waals surface area contributed by atoms with Crippen LogP contribution < -0.4 is 14.4 Å². The van der Waals surface area contributed by atoms with E-state index in [1.54, 1.807) is 36.4 Å². The number of amides is 2. The summed E-state index contributed by atoms with van der Waals surface area (Å²) in [7, 11) is -2.08. The van der Waals surface area contributed by atoms with Crippen LogP contribution in [0.2, 0.25) is 5.02 Å². The molecule has 192 valence electrons. The Morgan fingerprint density at radius 3 is 2.43 bits per heavy atom. The van der Waals surface area contributed by atoms with Crippen LogP contribution in [-0.2, 0) is 26.2 Å². The number of rotatable bonds is 13. The van der Waals surface area contributed by atoms with Gasteiger partial charge in [0.2, 0.25) is 21.8 Å². The SMILES string of the molecule is CCNC(=O)C(CC)N(Cc1ccccc1Cl)C(=O)CCCN(c1cccc(OC)c1)S(C)(=O)=O. The number of carbonyl (C=O) groups excluding carboxylic acids is 2. The van der Waals surface area contributed by atoms with Crippen LogP contribution >= 0.6 is 11.6 Å². The number of hydrogen-bond donors (Lipinski definition) is 1. The van der Waals surface area contributed by atoms with Gasteiger partial charge in [-0.25, -0.2) is 8.42 Å². The second kappa shape index (κ2) is 13.3. The summed E-state index contributed by atoms with van der Waals surface area (Å²) in [5.41, 5.74) is 1.19. The molecule has 0 heterocycles. The summed E-state index contributed by atoms with van der Waals surface area (Å²) >= 11 is 6.33. The second-order valence-corrected chi connectivity index (χ2v) is 10.4. The molecule has 0 aromatic heterocycles. The predicted molar refractivity (Wildman–Crippen MR) is 139 cm³/mol. The summed E-state index contributed by atoms with van der Waals surface area (Å²) in [6, 6.07) is 13.3. The van der Waals surface area contributed by atoms with Crippen molar-refractivity contribution in [2.24, 2.45) is 0 Å². The van der Waals surface area contributed by atoms with Gasteiger partial charge < -0.3 is 15.0 Å². The molecule has 0 radical (unpaired) electrons. The number of sulfonamides is 1. The van der Waals surface area contributed by atoms with Crippen molar-refractivity contribution in [1.29, 1.82) is 0 Å². The zero-order valence-electron chi connectivity index (χ0n) is 20.7. The molecule has 35 heavy (non-hydrogen) atoms. The third-order valence-corrected chi connectivity index (χ3v) is 7.09. The lowest BCUT2D eigenvalue weighted by molar-refractivity contribution is -0.141. The molecular weight excluding hydrogens is 490 g/mol. The van der Waals surface area contributed by atoms with Gasteiger partial charge >= 0.3 is 0 Å². The molecule has 2 amide bonds. The van der Waals surface area contributed by atoms with Crippen LogP contribution in [-0.4, -0.2) is 57.6 Å². The highest BCUT2D eigenvalue weighted by Gasteiger charge is 2.29. The number of ether oxygens (including phenoxy) is 1. The lowest BCUT2D eigenvalue weighted by Crippen LogP contribution is -2.49. The Hall–Kier alpha value is -2.78. The molecule has 0 saturated carbocycles. The van der Waals surface area contributed by atoms with Crippen molar-refractivity contribution >= 4 is 39.1 Å². The lowest BCUT2D eigenvalue weighted by Gasteiger charge is -2.31. The van der Waals surface area contributed by atoms with E-state index in [2.05, 4.69) is 5.32 Å². The lowest BCUT2D eigenvalue weighted by atomic mass is 10.1. The number of benzene rings is 2. The number of nitrogens with one attached hydrogen (secondary N) is 1. The van der Waals surface area contributed by atoms with Gasteiger partial charge in [-0.1, -0.05) is 42.8 Å². The highest BCUT2D eigenvalue weighted by molar-refractivity contribution is 7.92. The fraction of sp³-hybridized carbons (Fsp3) is 0.440. The van der Waals surface area contributed by atoms with E-state index in [-0.39, 0.29) is 37.7 Å². The summed E-state index contributed by atoms with van der Waals surface area (Å²) in [5.74, 6) is 0.0533. The molecular formula is C25H34ClN3O5S. The Morgan fingerprint density at radius 2 is 1.83 bits per heavy atom. The Labute approximate surface area is 213 Å². The van der Waals surface area contributed by atoms with Gasteiger partial charge in [0.15, 0.2) is 0 Å². The van der Waals surface area contributed by atoms with Crippen LogP contribution in [0.25, 0.3) is 0 Å². The minimum absolute atomic E-state index is 0.0658. The average molecular weight is 524 g/mol. The van der Waals surface area contributed by atoms with Crippen molar-refractivity contribution in [3.05, 3.63) is 59.1 Å². The van der Waals surface area contributed by atoms with Gasteiger partial charge in [0.05, 0.1) is 19.1 Å². The van der Waals surface area contributed by atoms with Gasteiger partial charge in [0.1, 0.15) is 11.8 Å². The third-order valence-electron chi connectivity index (χ3n) is 5.53. The van der Waals surface area contributed by atoms with Crippen LogP contribution in [0.4, 0.5) is 5.69 Å². The Morgan fingerprint density at radius 1 is 1.11 bits per heavy atom. The standard InChI is InChI=1S/C25H34ClN3O5S/c1-5-23(25(31)27-6-2)28(18-19-11-7-8-14-22(19)26)24(30)15-10-16-29(35(4,32)33)20-12-9-13-21(17-20)34-3/h7-9,11-14,17,23H,5-6,10,15-16,18H2,1-4H3,(H,27,31). The molecule has 0 spiro atoms. The number of halogens is 1. The first-order valence-electron chi connectivity index (χ1n) is 11.5. The van der Waals surface area contributed by atoms with Crippen LogP contribution in [0.3, 0.4) is 0 Å². The van der Waals surface area contributed by atoms with Crippen molar-refractivity contribution in [2.75, 3.05) is 30.8 Å². The highest BCUT2D eigenvalue weighted by atomic mass is 35.5. The fourth-order valence-corrected chi connectivity index (χ4v) is 4.94. The van der Waals surface area contributed by atoms with E-state index in [0.29, 0.717) is 29.4 Å². The normalized spacial score (nSPS) is 12.0. The molecule has 0 aliphatic rings. The van der Waals surface area contributed by atoms with E-state index < -0.39 is 16.1 Å². The average Bonchev–Trinajstić information content (AvgIpc) is 2.82. The molecule has 2 aromatic carbocycles. The van der Waals surface area contributed by atoms with Gasteiger partial charge in [0, 0.05) is 37.1 Å². The largest absolute Gasteiger partial charge is 0.497 e. The van der Waals surface area contributed by atoms with Crippen molar-refractivity contribution < 1.29 is 22.7 Å². The predicted octanol–water partition coefficient (Wildman–Crippen LogP) is 3.84. The van der Waals surface area contributed by atoms with Crippen molar-refractivity contribution in [3.8, 4) is 5.75 Å². The molecule has 8 nitrogen and oxygen atoms in total. The first kappa shape index (κ1) is 28.5. The zero-order valence-corrected chi connectivity index (χ0v) is 22.2. The number of nitrogens with zero attached hydrogens (tertiary/aromatic N) is 2. The highest BCUT2D eigenvalue weighted by Crippen LogP contribution is 2.24. The van der Waals surface area contributed by atoms with Crippen molar-refractivity contribution in [3.63, 3.8) is 0 Å². The number of anilines is 1. The Kier molecular flexibility index (Phi) is 10.9. The summed E-state index contributed by atoms with van der Waals surface area (Å²) in [5, 5.41) is 3.31. The van der Waals surface area contributed by atoms with Gasteiger partial charge in [-0.2, -0.15) is 0 Å². The smallest absolute Gasteiger partial charge is 0.242 e. The monoisotopic (exact) mass is 523 g/mol. The maximum absolute atomic E-state index is 13.4. The topological polar surface area (TPSA) is 96.0 Å². The summed E-state index contributed by atoms with van der Waals surface area (Å²) in [6.07, 6.45) is 1.89. The number of hydrogen-bond acceptors (Lipinski definition) is 5. The number of methoxy groups -OCH3 is 1. The molecule has 0 saturated heterocycles. The van der Waals surface area contributed by atoms with E-state index in [4.69, 9.17) is 16.3 Å². The Bertz CT molecular complexity index is 1110. The molecule has 0 fully saturated rings. The van der Waals surface area contributed by atoms with E-state index >= 15 is 0 Å². The summed E-state index contributed by atoms with van der Waals surface area (Å²) in [4.78, 5) is 27.6. The minimum atomic E-state index is -3.59. The van der Waals surface area contributed by atoms with Crippen LogP contribution in [0.1, 0.15) is 38.7 Å². The van der Waals surface area contributed by atoms with Crippen LogP contribution in [0.15, 0.2) is 48.5 Å². The molecule has 0 bridgehead atoms. The zero-order chi connectivity index (χ0) is 26.0. The number of carbonyl (C=O) groups is 2. The van der Waals surface area contributed by atoms with Gasteiger partial charge in [-0.3, -0.25) is 13.9 Å². The van der Waals surface area contributed by atoms with Crippen LogP contribution in [0, 0.1) is 0 Å². The van der Waals surface area contributed by atoms with E-state index in [1.165, 1.54) is 16.3 Å². The Balaban J connectivity index is 2.22. The second-order valence-electron chi connectivity index (χ2n) is 8.07. The fourth-order valence-electron chi connectivity index (χ4n) is 3.79. The van der Waals surface area contributed by atoms with Crippen LogP contribution in [0.5, 0.6) is 5.75 Å². The summed E-state index contributed by atoms with van der Waals surface area (Å²) < 4.78 is 31.4. The minimum Gasteiger partial charge on any atom is -0.497 e. The molecule has 2 aromatic rings. The van der Waals surface area contributed by atoms with E-state index in [9.17, 15) is 18.0 Å². The van der Waals surface area contributed by atoms with Gasteiger partial charge in [-0.05, 0) is 43.5 Å². The van der Waals surface area contributed by atoms with Crippen molar-refractivity contribution in [2.45, 2.75) is 45.7 Å². The summed E-state index contributed by atoms with van der Waals surface area (Å²) in [6.45, 7) is 4.41. The number of likely N-dealkylation sites (N-methyl/N-ethyl adjacent to an activating group) is 1. The maximum atomic E-state index is 13.4. The van der Waals surface area contributed by atoms with Crippen molar-refractivity contribution in [1.82, 2.24) is 10.2 Å². The quantitative estimate of drug-likeness (QED) is 0.430. The first-order chi connectivity index (χ1) is 16.6. The van der Waals surface area contributed by atoms with E-state index in [0.717, 1.165) is 11.8 Å². The molecule has 1 unspecified atom stereocenters.